The van der Waals surface area contributed by atoms with Crippen molar-refractivity contribution in [2.24, 2.45) is 0 Å². The fourth-order valence-electron chi connectivity index (χ4n) is 2.02. The van der Waals surface area contributed by atoms with Gasteiger partial charge >= 0.3 is 0 Å². The van der Waals surface area contributed by atoms with E-state index in [1.54, 1.807) is 24.7 Å². The number of hydrogen-bond acceptors (Lipinski definition) is 5. The molecule has 2 heterocycles. The topological polar surface area (TPSA) is 79.8 Å². The van der Waals surface area contributed by atoms with Gasteiger partial charge in [0.25, 0.3) is 0 Å². The van der Waals surface area contributed by atoms with Crippen molar-refractivity contribution in [2.75, 3.05) is 5.43 Å². The monoisotopic (exact) mass is 279 g/mol. The number of hydrogen-bond donors (Lipinski definition) is 2. The highest BCUT2D eigenvalue weighted by atomic mass is 16.2. The molecule has 0 bridgehead atoms. The van der Waals surface area contributed by atoms with Crippen LogP contribution in [0.2, 0.25) is 0 Å². The SMILES string of the molecule is O=C(Cc1cccc2cccnc12)NNc1ncccn1. The minimum absolute atomic E-state index is 0.180. The van der Waals surface area contributed by atoms with Gasteiger partial charge in [-0.1, -0.05) is 24.3 Å². The lowest BCUT2D eigenvalue weighted by Crippen LogP contribution is -2.31. The van der Waals surface area contributed by atoms with Gasteiger partial charge in [-0.25, -0.2) is 9.97 Å². The molecule has 0 radical (unpaired) electrons. The van der Waals surface area contributed by atoms with Crippen molar-refractivity contribution in [3.8, 4) is 0 Å². The number of hydrazine groups is 1. The Balaban J connectivity index is 1.69. The number of rotatable bonds is 4. The van der Waals surface area contributed by atoms with E-state index in [4.69, 9.17) is 0 Å². The summed E-state index contributed by atoms with van der Waals surface area (Å²) in [5.41, 5.74) is 6.96. The summed E-state index contributed by atoms with van der Waals surface area (Å²) in [5.74, 6) is 0.169. The first-order valence-corrected chi connectivity index (χ1v) is 6.47. The molecule has 1 aromatic carbocycles. The molecular formula is C15H13N5O. The molecule has 0 saturated heterocycles. The van der Waals surface area contributed by atoms with E-state index < -0.39 is 0 Å². The van der Waals surface area contributed by atoms with Gasteiger partial charge in [0.2, 0.25) is 11.9 Å². The number of amides is 1. The van der Waals surface area contributed by atoms with Gasteiger partial charge in [-0.3, -0.25) is 20.6 Å². The third-order valence-corrected chi connectivity index (χ3v) is 2.95. The lowest BCUT2D eigenvalue weighted by molar-refractivity contribution is -0.119. The van der Waals surface area contributed by atoms with Crippen LogP contribution < -0.4 is 10.9 Å². The summed E-state index contributed by atoms with van der Waals surface area (Å²) in [5, 5.41) is 1.02. The zero-order valence-corrected chi connectivity index (χ0v) is 11.2. The Bertz CT molecular complexity index is 755. The average Bonchev–Trinajstić information content (AvgIpc) is 2.54. The quantitative estimate of drug-likeness (QED) is 0.711. The molecule has 0 spiro atoms. The number of carbonyl (C=O) groups is 1. The molecule has 0 aliphatic heterocycles. The second kappa shape index (κ2) is 5.96. The maximum absolute atomic E-state index is 12.0. The lowest BCUT2D eigenvalue weighted by atomic mass is 10.1. The van der Waals surface area contributed by atoms with Gasteiger partial charge in [-0.05, 0) is 17.7 Å². The van der Waals surface area contributed by atoms with Crippen molar-refractivity contribution in [1.82, 2.24) is 20.4 Å². The fraction of sp³-hybridized carbons (Fsp3) is 0.0667. The molecule has 6 nitrogen and oxygen atoms in total. The van der Waals surface area contributed by atoms with Crippen molar-refractivity contribution in [1.29, 1.82) is 0 Å². The van der Waals surface area contributed by atoms with E-state index >= 15 is 0 Å². The molecular weight excluding hydrogens is 266 g/mol. The smallest absolute Gasteiger partial charge is 0.242 e. The summed E-state index contributed by atoms with van der Waals surface area (Å²) in [6.07, 6.45) is 5.14. The van der Waals surface area contributed by atoms with Gasteiger partial charge in [0.05, 0.1) is 11.9 Å². The second-order valence-corrected chi connectivity index (χ2v) is 4.41. The van der Waals surface area contributed by atoms with Gasteiger partial charge in [0, 0.05) is 24.0 Å². The van der Waals surface area contributed by atoms with Gasteiger partial charge in [0.1, 0.15) is 0 Å². The fourth-order valence-corrected chi connectivity index (χ4v) is 2.02. The van der Waals surface area contributed by atoms with Crippen LogP contribution in [0.1, 0.15) is 5.56 Å². The predicted octanol–water partition coefficient (Wildman–Crippen LogP) is 1.71. The Hall–Kier alpha value is -3.02. The molecule has 2 N–H and O–H groups in total. The van der Waals surface area contributed by atoms with E-state index in [1.165, 1.54) is 0 Å². The molecule has 0 aliphatic carbocycles. The van der Waals surface area contributed by atoms with Crippen LogP contribution in [0.25, 0.3) is 10.9 Å². The van der Waals surface area contributed by atoms with E-state index in [0.29, 0.717) is 5.95 Å². The summed E-state index contributed by atoms with van der Waals surface area (Å²) >= 11 is 0. The summed E-state index contributed by atoms with van der Waals surface area (Å²) in [6, 6.07) is 11.3. The Morgan fingerprint density at radius 2 is 1.71 bits per heavy atom. The van der Waals surface area contributed by atoms with Crippen molar-refractivity contribution in [3.63, 3.8) is 0 Å². The Morgan fingerprint density at radius 1 is 0.952 bits per heavy atom. The van der Waals surface area contributed by atoms with Crippen LogP contribution in [0, 0.1) is 0 Å². The molecule has 0 saturated carbocycles. The van der Waals surface area contributed by atoms with Gasteiger partial charge in [0.15, 0.2) is 0 Å². The average molecular weight is 279 g/mol. The number of pyridine rings is 1. The summed E-state index contributed by atoms with van der Waals surface area (Å²) in [4.78, 5) is 24.2. The highest BCUT2D eigenvalue weighted by molar-refractivity contribution is 5.87. The minimum atomic E-state index is -0.180. The van der Waals surface area contributed by atoms with E-state index in [1.807, 2.05) is 30.3 Å². The number of aromatic nitrogens is 3. The summed E-state index contributed by atoms with van der Waals surface area (Å²) in [7, 11) is 0. The third-order valence-electron chi connectivity index (χ3n) is 2.95. The first-order chi connectivity index (χ1) is 10.3. The van der Waals surface area contributed by atoms with Crippen molar-refractivity contribution in [2.45, 2.75) is 6.42 Å². The van der Waals surface area contributed by atoms with Crippen LogP contribution in [0.15, 0.2) is 55.0 Å². The van der Waals surface area contributed by atoms with E-state index in [-0.39, 0.29) is 12.3 Å². The Morgan fingerprint density at radius 3 is 2.57 bits per heavy atom. The number of anilines is 1. The summed E-state index contributed by atoms with van der Waals surface area (Å²) < 4.78 is 0. The van der Waals surface area contributed by atoms with Gasteiger partial charge in [-0.2, -0.15) is 0 Å². The Labute approximate surface area is 121 Å². The molecule has 6 heteroatoms. The number of para-hydroxylation sites is 1. The number of carbonyl (C=O) groups excluding carboxylic acids is 1. The number of nitrogens with one attached hydrogen (secondary N) is 2. The third kappa shape index (κ3) is 3.11. The molecule has 104 valence electrons. The number of benzene rings is 1. The molecule has 3 aromatic rings. The molecule has 0 fully saturated rings. The van der Waals surface area contributed by atoms with Gasteiger partial charge in [-0.15, -0.1) is 0 Å². The largest absolute Gasteiger partial charge is 0.273 e. The molecule has 1 amide bonds. The van der Waals surface area contributed by atoms with E-state index in [0.717, 1.165) is 16.5 Å². The predicted molar refractivity (Wildman–Crippen MR) is 79.2 cm³/mol. The second-order valence-electron chi connectivity index (χ2n) is 4.41. The first kappa shape index (κ1) is 13.0. The Kier molecular flexibility index (Phi) is 3.68. The van der Waals surface area contributed by atoms with Crippen molar-refractivity contribution in [3.05, 3.63) is 60.6 Å². The van der Waals surface area contributed by atoms with Crippen LogP contribution in [0.3, 0.4) is 0 Å². The van der Waals surface area contributed by atoms with Gasteiger partial charge < -0.3 is 0 Å². The van der Waals surface area contributed by atoms with Crippen molar-refractivity contribution >= 4 is 22.8 Å². The zero-order valence-electron chi connectivity index (χ0n) is 11.2. The highest BCUT2D eigenvalue weighted by Crippen LogP contribution is 2.16. The van der Waals surface area contributed by atoms with Crippen LogP contribution >= 0.6 is 0 Å². The molecule has 0 atom stereocenters. The summed E-state index contributed by atoms with van der Waals surface area (Å²) in [6.45, 7) is 0. The minimum Gasteiger partial charge on any atom is -0.273 e. The highest BCUT2D eigenvalue weighted by Gasteiger charge is 2.07. The lowest BCUT2D eigenvalue weighted by Gasteiger charge is -2.08. The van der Waals surface area contributed by atoms with E-state index in [2.05, 4.69) is 25.8 Å². The molecule has 3 rings (SSSR count). The van der Waals surface area contributed by atoms with Crippen LogP contribution in [-0.4, -0.2) is 20.9 Å². The normalized spacial score (nSPS) is 10.3. The molecule has 0 unspecified atom stereocenters. The van der Waals surface area contributed by atoms with Crippen molar-refractivity contribution < 1.29 is 4.79 Å². The molecule has 2 aromatic heterocycles. The van der Waals surface area contributed by atoms with Crippen LogP contribution in [-0.2, 0) is 11.2 Å². The first-order valence-electron chi connectivity index (χ1n) is 6.47. The number of nitrogens with zero attached hydrogens (tertiary/aromatic N) is 3. The molecule has 21 heavy (non-hydrogen) atoms. The van der Waals surface area contributed by atoms with E-state index in [9.17, 15) is 4.79 Å². The van der Waals surface area contributed by atoms with Crippen LogP contribution in [0.5, 0.6) is 0 Å². The molecule has 0 aliphatic rings. The maximum atomic E-state index is 12.0. The standard InChI is InChI=1S/C15H13N5O/c21-13(19-20-15-17-8-3-9-18-15)10-12-5-1-4-11-6-2-7-16-14(11)12/h1-9H,10H2,(H,19,21)(H,17,18,20). The van der Waals surface area contributed by atoms with Crippen LogP contribution in [0.4, 0.5) is 5.95 Å². The maximum Gasteiger partial charge on any atom is 0.242 e. The number of fused-ring (bicyclic) bond motifs is 1. The zero-order chi connectivity index (χ0) is 14.5.